The molecule has 2 aromatic rings. The van der Waals surface area contributed by atoms with Crippen LogP contribution < -0.4 is 4.57 Å². The fourth-order valence-electron chi connectivity index (χ4n) is 1.50. The van der Waals surface area contributed by atoms with Crippen LogP contribution in [0.4, 0.5) is 0 Å². The van der Waals surface area contributed by atoms with Crippen LogP contribution in [0.15, 0.2) is 59.8 Å². The second-order valence-corrected chi connectivity index (χ2v) is 4.92. The summed E-state index contributed by atoms with van der Waals surface area (Å²) in [6.07, 6.45) is 2.93. The zero-order chi connectivity index (χ0) is 13.0. The highest BCUT2D eigenvalue weighted by atomic mass is 32.2. The van der Waals surface area contributed by atoms with E-state index in [9.17, 15) is 9.90 Å². The summed E-state index contributed by atoms with van der Waals surface area (Å²) in [7, 11) is 0. The number of rotatable bonds is 3. The summed E-state index contributed by atoms with van der Waals surface area (Å²) in [5.41, 5.74) is 0.676. The van der Waals surface area contributed by atoms with Crippen molar-refractivity contribution in [2.45, 2.75) is 18.0 Å². The number of hydrogen-bond donors (Lipinski definition) is 1. The summed E-state index contributed by atoms with van der Waals surface area (Å²) < 4.78 is 1.65. The maximum Gasteiger partial charge on any atom is 0.257 e. The largest absolute Gasteiger partial charge is 0.337 e. The molecule has 3 nitrogen and oxygen atoms in total. The number of aliphatic hydroxyl groups is 1. The van der Waals surface area contributed by atoms with Gasteiger partial charge in [0.25, 0.3) is 6.23 Å². The number of thioether (sulfide) groups is 1. The van der Waals surface area contributed by atoms with Crippen LogP contribution in [0, 0.1) is 0 Å². The molecule has 0 spiro atoms. The summed E-state index contributed by atoms with van der Waals surface area (Å²) in [4.78, 5) is 12.8. The molecule has 0 fully saturated rings. The van der Waals surface area contributed by atoms with Crippen molar-refractivity contribution in [3.63, 3.8) is 0 Å². The fourth-order valence-corrected chi connectivity index (χ4v) is 2.29. The summed E-state index contributed by atoms with van der Waals surface area (Å²) >= 11 is 1.16. The Hall–Kier alpha value is -1.65. The molecule has 1 unspecified atom stereocenters. The Morgan fingerprint density at radius 3 is 2.61 bits per heavy atom. The molecule has 0 aliphatic carbocycles. The maximum absolute atomic E-state index is 12.0. The Labute approximate surface area is 110 Å². The molecule has 0 saturated heterocycles. The third-order valence-electron chi connectivity index (χ3n) is 2.45. The lowest BCUT2D eigenvalue weighted by Crippen LogP contribution is -2.36. The summed E-state index contributed by atoms with van der Waals surface area (Å²) in [5, 5.41) is 9.47. The van der Waals surface area contributed by atoms with Gasteiger partial charge in [0.05, 0.1) is 4.90 Å². The van der Waals surface area contributed by atoms with Gasteiger partial charge in [0, 0.05) is 18.6 Å². The van der Waals surface area contributed by atoms with Crippen LogP contribution in [0.25, 0.3) is 0 Å². The lowest BCUT2D eigenvalue weighted by molar-refractivity contribution is -0.757. The Morgan fingerprint density at radius 2 is 1.94 bits per heavy atom. The number of pyridine rings is 1. The standard InChI is InChI=1S/C14H14NO2S/c1-11(16)15-9-5-8-13(10-15)18-14(17)12-6-3-2-4-7-12/h2-11,16H,1H3/q+1. The lowest BCUT2D eigenvalue weighted by Gasteiger charge is -2.02. The molecule has 1 heterocycles. The van der Waals surface area contributed by atoms with Crippen LogP contribution in [0.5, 0.6) is 0 Å². The maximum atomic E-state index is 12.0. The fraction of sp³-hybridized carbons (Fsp3) is 0.143. The van der Waals surface area contributed by atoms with Crippen molar-refractivity contribution in [2.75, 3.05) is 0 Å². The first-order valence-corrected chi connectivity index (χ1v) is 6.44. The molecule has 92 valence electrons. The Morgan fingerprint density at radius 1 is 1.22 bits per heavy atom. The third kappa shape index (κ3) is 3.18. The van der Waals surface area contributed by atoms with Crippen LogP contribution in [-0.4, -0.2) is 10.2 Å². The van der Waals surface area contributed by atoms with Gasteiger partial charge in [0.2, 0.25) is 5.12 Å². The van der Waals surface area contributed by atoms with Crippen LogP contribution in [0.3, 0.4) is 0 Å². The monoisotopic (exact) mass is 260 g/mol. The molecule has 0 aliphatic rings. The highest BCUT2D eigenvalue weighted by molar-refractivity contribution is 8.14. The van der Waals surface area contributed by atoms with E-state index in [1.807, 2.05) is 30.3 Å². The molecule has 0 aliphatic heterocycles. The van der Waals surface area contributed by atoms with Crippen LogP contribution in [0.2, 0.25) is 0 Å². The van der Waals surface area contributed by atoms with Crippen molar-refractivity contribution in [3.8, 4) is 0 Å². The van der Waals surface area contributed by atoms with Crippen molar-refractivity contribution in [3.05, 3.63) is 60.4 Å². The van der Waals surface area contributed by atoms with Gasteiger partial charge in [0.1, 0.15) is 0 Å². The molecule has 4 heteroatoms. The second kappa shape index (κ2) is 5.80. The minimum atomic E-state index is -0.600. The average Bonchev–Trinajstić information content (AvgIpc) is 2.40. The van der Waals surface area contributed by atoms with Crippen molar-refractivity contribution in [1.29, 1.82) is 0 Å². The number of benzene rings is 1. The quantitative estimate of drug-likeness (QED) is 0.680. The first kappa shape index (κ1) is 12.8. The van der Waals surface area contributed by atoms with E-state index in [0.717, 1.165) is 16.7 Å². The molecule has 1 N–H and O–H groups in total. The van der Waals surface area contributed by atoms with E-state index in [1.54, 1.807) is 36.0 Å². The third-order valence-corrected chi connectivity index (χ3v) is 3.34. The van der Waals surface area contributed by atoms with Gasteiger partial charge in [-0.15, -0.1) is 0 Å². The average molecular weight is 260 g/mol. The predicted octanol–water partition coefficient (Wildman–Crippen LogP) is 2.42. The number of carbonyl (C=O) groups excluding carboxylic acids is 1. The number of hydrogen-bond acceptors (Lipinski definition) is 3. The van der Waals surface area contributed by atoms with E-state index in [4.69, 9.17) is 0 Å². The van der Waals surface area contributed by atoms with Crippen LogP contribution >= 0.6 is 11.8 Å². The molecule has 0 bridgehead atoms. The molecule has 1 aromatic carbocycles. The van der Waals surface area contributed by atoms with Gasteiger partial charge in [-0.2, -0.15) is 4.57 Å². The Balaban J connectivity index is 2.15. The Kier molecular flexibility index (Phi) is 4.12. The summed E-state index contributed by atoms with van der Waals surface area (Å²) in [6, 6.07) is 12.8. The van der Waals surface area contributed by atoms with E-state index in [2.05, 4.69) is 0 Å². The summed E-state index contributed by atoms with van der Waals surface area (Å²) in [6.45, 7) is 1.67. The van der Waals surface area contributed by atoms with E-state index >= 15 is 0 Å². The van der Waals surface area contributed by atoms with Crippen molar-refractivity contribution < 1.29 is 14.5 Å². The molecule has 18 heavy (non-hydrogen) atoms. The number of aromatic nitrogens is 1. The van der Waals surface area contributed by atoms with Crippen LogP contribution in [0.1, 0.15) is 23.5 Å². The number of aliphatic hydroxyl groups excluding tert-OH is 1. The van der Waals surface area contributed by atoms with E-state index in [-0.39, 0.29) is 5.12 Å². The topological polar surface area (TPSA) is 41.2 Å². The zero-order valence-electron chi connectivity index (χ0n) is 9.98. The van der Waals surface area contributed by atoms with Gasteiger partial charge < -0.3 is 5.11 Å². The van der Waals surface area contributed by atoms with Gasteiger partial charge in [-0.1, -0.05) is 30.3 Å². The van der Waals surface area contributed by atoms with Crippen molar-refractivity contribution in [2.24, 2.45) is 0 Å². The lowest BCUT2D eigenvalue weighted by atomic mass is 10.2. The molecule has 1 aromatic heterocycles. The zero-order valence-corrected chi connectivity index (χ0v) is 10.8. The highest BCUT2D eigenvalue weighted by Crippen LogP contribution is 2.21. The van der Waals surface area contributed by atoms with Crippen LogP contribution in [-0.2, 0) is 0 Å². The van der Waals surface area contributed by atoms with E-state index in [1.165, 1.54) is 0 Å². The van der Waals surface area contributed by atoms with Gasteiger partial charge in [0.15, 0.2) is 12.4 Å². The first-order valence-electron chi connectivity index (χ1n) is 5.63. The van der Waals surface area contributed by atoms with Gasteiger partial charge >= 0.3 is 0 Å². The predicted molar refractivity (Wildman–Crippen MR) is 70.2 cm³/mol. The smallest absolute Gasteiger partial charge is 0.257 e. The second-order valence-electron chi connectivity index (χ2n) is 3.87. The van der Waals surface area contributed by atoms with Crippen molar-refractivity contribution in [1.82, 2.24) is 0 Å². The number of nitrogens with zero attached hydrogens (tertiary/aromatic N) is 1. The van der Waals surface area contributed by atoms with Gasteiger partial charge in [-0.3, -0.25) is 4.79 Å². The molecule has 0 saturated carbocycles. The van der Waals surface area contributed by atoms with E-state index < -0.39 is 6.23 Å². The SMILES string of the molecule is CC(O)[n+]1cccc(SC(=O)c2ccccc2)c1. The van der Waals surface area contributed by atoms with Gasteiger partial charge in [-0.25, -0.2) is 0 Å². The first-order chi connectivity index (χ1) is 8.66. The molecule has 0 amide bonds. The molecular weight excluding hydrogens is 246 g/mol. The van der Waals surface area contributed by atoms with Gasteiger partial charge in [-0.05, 0) is 17.8 Å². The van der Waals surface area contributed by atoms with Crippen molar-refractivity contribution >= 4 is 16.9 Å². The minimum Gasteiger partial charge on any atom is -0.337 e. The normalized spacial score (nSPS) is 12.1. The highest BCUT2D eigenvalue weighted by Gasteiger charge is 2.12. The number of carbonyl (C=O) groups is 1. The molecule has 0 radical (unpaired) electrons. The molecule has 2 rings (SSSR count). The Bertz CT molecular complexity index is 541. The molecular formula is C14H14NO2S+. The minimum absolute atomic E-state index is 0.000979. The van der Waals surface area contributed by atoms with E-state index in [0.29, 0.717) is 5.56 Å². The molecule has 1 atom stereocenters. The summed E-state index contributed by atoms with van der Waals surface area (Å²) in [5.74, 6) is 0.